The molecule has 0 aliphatic rings. The van der Waals surface area contributed by atoms with Gasteiger partial charge in [-0.15, -0.1) is 0 Å². The molecule has 0 atom stereocenters. The van der Waals surface area contributed by atoms with Crippen LogP contribution >= 0.6 is 0 Å². The zero-order chi connectivity index (χ0) is 13.1. The van der Waals surface area contributed by atoms with Gasteiger partial charge in [-0.1, -0.05) is 39.0 Å². The van der Waals surface area contributed by atoms with Crippen LogP contribution in [0.4, 0.5) is 0 Å². The molecule has 0 radical (unpaired) electrons. The summed E-state index contributed by atoms with van der Waals surface area (Å²) < 4.78 is 2.21. The van der Waals surface area contributed by atoms with Crippen molar-refractivity contribution in [2.45, 2.75) is 65.3 Å². The van der Waals surface area contributed by atoms with Gasteiger partial charge >= 0.3 is 0 Å². The smallest absolute Gasteiger partial charge is 0.105 e. The molecule has 18 heavy (non-hydrogen) atoms. The molecule has 1 aromatic heterocycles. The van der Waals surface area contributed by atoms with Gasteiger partial charge in [0.25, 0.3) is 0 Å². The molecule has 0 fully saturated rings. The molecule has 1 heterocycles. The van der Waals surface area contributed by atoms with E-state index in [9.17, 15) is 0 Å². The van der Waals surface area contributed by atoms with Crippen LogP contribution in [0.25, 0.3) is 0 Å². The minimum Gasteiger partial charge on any atom is -0.335 e. The number of nitrogens with one attached hydrogen (secondary N) is 1. The molecule has 3 nitrogen and oxygen atoms in total. The van der Waals surface area contributed by atoms with Crippen molar-refractivity contribution in [1.29, 1.82) is 0 Å². The second-order valence-electron chi connectivity index (χ2n) is 5.04. The fourth-order valence-corrected chi connectivity index (χ4v) is 2.17. The van der Waals surface area contributed by atoms with E-state index in [0.717, 1.165) is 18.9 Å². The Bertz CT molecular complexity index is 294. The van der Waals surface area contributed by atoms with Crippen LogP contribution in [0, 0.1) is 6.92 Å². The Morgan fingerprint density at radius 1 is 1.06 bits per heavy atom. The van der Waals surface area contributed by atoms with E-state index >= 15 is 0 Å². The SMILES string of the molecule is CCCCCCCCNCCCn1ccnc1C. The normalized spacial score (nSPS) is 11.0. The molecule has 0 aliphatic heterocycles. The summed E-state index contributed by atoms with van der Waals surface area (Å²) in [4.78, 5) is 4.22. The summed E-state index contributed by atoms with van der Waals surface area (Å²) in [5, 5.41) is 3.52. The highest BCUT2D eigenvalue weighted by Gasteiger charge is 1.95. The molecule has 0 saturated heterocycles. The van der Waals surface area contributed by atoms with Crippen LogP contribution in [-0.4, -0.2) is 22.6 Å². The Balaban J connectivity index is 1.83. The van der Waals surface area contributed by atoms with Gasteiger partial charge in [0.15, 0.2) is 0 Å². The minimum absolute atomic E-state index is 1.08. The van der Waals surface area contributed by atoms with Gasteiger partial charge in [0.1, 0.15) is 5.82 Å². The standard InChI is InChI=1S/C15H29N3/c1-3-4-5-6-7-8-10-16-11-9-13-18-14-12-17-15(18)2/h12,14,16H,3-11,13H2,1-2H3. The van der Waals surface area contributed by atoms with Crippen molar-refractivity contribution in [2.75, 3.05) is 13.1 Å². The van der Waals surface area contributed by atoms with Crippen LogP contribution in [0.3, 0.4) is 0 Å². The predicted octanol–water partition coefficient (Wildman–Crippen LogP) is 3.53. The highest BCUT2D eigenvalue weighted by molar-refractivity contribution is 4.88. The van der Waals surface area contributed by atoms with Crippen LogP contribution < -0.4 is 5.32 Å². The van der Waals surface area contributed by atoms with Crippen molar-refractivity contribution in [2.24, 2.45) is 0 Å². The summed E-state index contributed by atoms with van der Waals surface area (Å²) >= 11 is 0. The van der Waals surface area contributed by atoms with Crippen molar-refractivity contribution in [3.63, 3.8) is 0 Å². The number of rotatable bonds is 11. The number of aromatic nitrogens is 2. The fraction of sp³-hybridized carbons (Fsp3) is 0.800. The third-order valence-corrected chi connectivity index (χ3v) is 3.38. The first-order valence-electron chi connectivity index (χ1n) is 7.53. The molecule has 1 aromatic rings. The molecule has 0 spiro atoms. The highest BCUT2D eigenvalue weighted by atomic mass is 15.0. The number of aryl methyl sites for hydroxylation is 2. The Kier molecular flexibility index (Phi) is 8.57. The predicted molar refractivity (Wildman–Crippen MR) is 77.8 cm³/mol. The van der Waals surface area contributed by atoms with Crippen molar-refractivity contribution in [1.82, 2.24) is 14.9 Å². The number of imidazole rings is 1. The minimum atomic E-state index is 1.08. The van der Waals surface area contributed by atoms with E-state index in [1.165, 1.54) is 51.5 Å². The molecule has 0 aliphatic carbocycles. The number of nitrogens with zero attached hydrogens (tertiary/aromatic N) is 2. The van der Waals surface area contributed by atoms with E-state index in [1.807, 2.05) is 6.20 Å². The maximum absolute atomic E-state index is 4.22. The summed E-state index contributed by atoms with van der Waals surface area (Å²) in [5.41, 5.74) is 0. The number of hydrogen-bond acceptors (Lipinski definition) is 2. The van der Waals surface area contributed by atoms with Gasteiger partial charge in [-0.25, -0.2) is 4.98 Å². The molecule has 0 unspecified atom stereocenters. The van der Waals surface area contributed by atoms with E-state index < -0.39 is 0 Å². The largest absolute Gasteiger partial charge is 0.335 e. The zero-order valence-electron chi connectivity index (χ0n) is 12.1. The molecule has 1 rings (SSSR count). The van der Waals surface area contributed by atoms with Gasteiger partial charge in [0.05, 0.1) is 0 Å². The lowest BCUT2D eigenvalue weighted by molar-refractivity contribution is 0.541. The molecule has 0 bridgehead atoms. The monoisotopic (exact) mass is 251 g/mol. The molecular formula is C15H29N3. The van der Waals surface area contributed by atoms with Crippen molar-refractivity contribution in [3.05, 3.63) is 18.2 Å². The van der Waals surface area contributed by atoms with E-state index in [0.29, 0.717) is 0 Å². The van der Waals surface area contributed by atoms with Gasteiger partial charge in [-0.2, -0.15) is 0 Å². The zero-order valence-corrected chi connectivity index (χ0v) is 12.1. The first-order chi connectivity index (χ1) is 8.84. The Hall–Kier alpha value is -0.830. The van der Waals surface area contributed by atoms with Gasteiger partial charge < -0.3 is 9.88 Å². The van der Waals surface area contributed by atoms with Crippen LogP contribution in [0.1, 0.15) is 57.7 Å². The van der Waals surface area contributed by atoms with Crippen LogP contribution in [0.5, 0.6) is 0 Å². The summed E-state index contributed by atoms with van der Waals surface area (Å²) in [5.74, 6) is 1.12. The first kappa shape index (κ1) is 15.2. The van der Waals surface area contributed by atoms with Crippen LogP contribution in [-0.2, 0) is 6.54 Å². The second-order valence-corrected chi connectivity index (χ2v) is 5.04. The highest BCUT2D eigenvalue weighted by Crippen LogP contribution is 2.04. The topological polar surface area (TPSA) is 29.9 Å². The average Bonchev–Trinajstić information content (AvgIpc) is 2.77. The number of unbranched alkanes of at least 4 members (excludes halogenated alkanes) is 5. The summed E-state index contributed by atoms with van der Waals surface area (Å²) in [6.07, 6.45) is 13.4. The van der Waals surface area contributed by atoms with Gasteiger partial charge in [-0.05, 0) is 32.9 Å². The van der Waals surface area contributed by atoms with Crippen molar-refractivity contribution >= 4 is 0 Å². The molecule has 1 N–H and O–H groups in total. The third-order valence-electron chi connectivity index (χ3n) is 3.38. The molecule has 0 saturated carbocycles. The first-order valence-corrected chi connectivity index (χ1v) is 7.53. The maximum atomic E-state index is 4.22. The van der Waals surface area contributed by atoms with E-state index in [4.69, 9.17) is 0 Å². The molecule has 0 aromatic carbocycles. The lowest BCUT2D eigenvalue weighted by Crippen LogP contribution is -2.18. The van der Waals surface area contributed by atoms with E-state index in [2.05, 4.69) is 34.9 Å². The Morgan fingerprint density at radius 3 is 2.50 bits per heavy atom. The molecular weight excluding hydrogens is 222 g/mol. The Labute approximate surface area is 112 Å². The van der Waals surface area contributed by atoms with Crippen LogP contribution in [0.15, 0.2) is 12.4 Å². The quantitative estimate of drug-likeness (QED) is 0.610. The summed E-state index contributed by atoms with van der Waals surface area (Å²) in [7, 11) is 0. The van der Waals surface area contributed by atoms with Gasteiger partial charge in [0.2, 0.25) is 0 Å². The summed E-state index contributed by atoms with van der Waals surface area (Å²) in [6, 6.07) is 0. The lowest BCUT2D eigenvalue weighted by atomic mass is 10.1. The molecule has 0 amide bonds. The molecule has 104 valence electrons. The van der Waals surface area contributed by atoms with Gasteiger partial charge in [-0.3, -0.25) is 0 Å². The van der Waals surface area contributed by atoms with Crippen molar-refractivity contribution < 1.29 is 0 Å². The Morgan fingerprint density at radius 2 is 1.78 bits per heavy atom. The fourth-order valence-electron chi connectivity index (χ4n) is 2.17. The third kappa shape index (κ3) is 6.80. The second kappa shape index (κ2) is 10.1. The maximum Gasteiger partial charge on any atom is 0.105 e. The average molecular weight is 251 g/mol. The van der Waals surface area contributed by atoms with E-state index in [-0.39, 0.29) is 0 Å². The van der Waals surface area contributed by atoms with E-state index in [1.54, 1.807) is 0 Å². The lowest BCUT2D eigenvalue weighted by Gasteiger charge is -2.06. The van der Waals surface area contributed by atoms with Gasteiger partial charge in [0, 0.05) is 18.9 Å². The van der Waals surface area contributed by atoms with Crippen molar-refractivity contribution in [3.8, 4) is 0 Å². The molecule has 3 heteroatoms. The number of hydrogen-bond donors (Lipinski definition) is 1. The van der Waals surface area contributed by atoms with Crippen LogP contribution in [0.2, 0.25) is 0 Å². The summed E-state index contributed by atoms with van der Waals surface area (Å²) in [6.45, 7) is 7.70.